The summed E-state index contributed by atoms with van der Waals surface area (Å²) in [6, 6.07) is 10.7. The number of benzene rings is 2. The van der Waals surface area contributed by atoms with Crippen LogP contribution in [0.4, 0.5) is 13.2 Å². The number of halogens is 3. The molecule has 0 saturated carbocycles. The number of aliphatic hydroxyl groups excluding tert-OH is 1. The van der Waals surface area contributed by atoms with E-state index in [0.717, 1.165) is 49.3 Å². The van der Waals surface area contributed by atoms with Crippen molar-refractivity contribution in [1.82, 2.24) is 14.5 Å². The van der Waals surface area contributed by atoms with Gasteiger partial charge in [-0.1, -0.05) is 25.1 Å². The lowest BCUT2D eigenvalue weighted by Crippen LogP contribution is -2.13. The number of hydrogen-bond donors (Lipinski definition) is 1. The van der Waals surface area contributed by atoms with Gasteiger partial charge in [0.2, 0.25) is 5.89 Å². The maximum absolute atomic E-state index is 12.7. The second-order valence-electron chi connectivity index (χ2n) is 9.66. The quantitative estimate of drug-likeness (QED) is 0.165. The van der Waals surface area contributed by atoms with Gasteiger partial charge >= 0.3 is 6.18 Å². The minimum atomic E-state index is -4.37. The molecule has 0 radical (unpaired) electrons. The number of aliphatic hydroxyl groups is 1. The highest BCUT2D eigenvalue weighted by molar-refractivity contribution is 5.66. The Morgan fingerprint density at radius 3 is 2.61 bits per heavy atom. The van der Waals surface area contributed by atoms with Gasteiger partial charge in [0.1, 0.15) is 24.4 Å². The summed E-state index contributed by atoms with van der Waals surface area (Å²) in [5.74, 6) is 2.43. The Morgan fingerprint density at radius 1 is 1.07 bits per heavy atom. The second kappa shape index (κ2) is 14.0. The molecule has 7 nitrogen and oxygen atoms in total. The average Bonchev–Trinajstić information content (AvgIpc) is 3.62. The number of hydrogen-bond acceptors (Lipinski definition) is 6. The summed E-state index contributed by atoms with van der Waals surface area (Å²) >= 11 is 0. The summed E-state index contributed by atoms with van der Waals surface area (Å²) in [6.07, 6.45) is 7.82. The van der Waals surface area contributed by atoms with Crippen molar-refractivity contribution in [2.45, 2.75) is 64.5 Å². The van der Waals surface area contributed by atoms with Gasteiger partial charge in [-0.3, -0.25) is 0 Å². The maximum Gasteiger partial charge on any atom is 0.416 e. The summed E-state index contributed by atoms with van der Waals surface area (Å²) in [7, 11) is 1.59. The highest BCUT2D eigenvalue weighted by Gasteiger charge is 2.29. The molecule has 10 heteroatoms. The van der Waals surface area contributed by atoms with E-state index in [1.807, 2.05) is 31.3 Å². The fourth-order valence-corrected chi connectivity index (χ4v) is 4.25. The van der Waals surface area contributed by atoms with E-state index in [1.54, 1.807) is 25.5 Å². The molecule has 1 N–H and O–H groups in total. The standard InChI is InChI=1S/C31H34F3N3O4/c1-3-26(38)19-29-35-15-17-37(29)16-5-4-6-23-9-13-27(28(18-23)39-2)40-20-25-21-41-30(36-25)14-10-22-7-11-24(12-8-22)31(32,33)34/h7-15,17-18,21,26,38H,3-6,16,19-20H2,1-2H3/b14-10+. The van der Waals surface area contributed by atoms with Crippen LogP contribution in [0.2, 0.25) is 0 Å². The number of methoxy groups -OCH3 is 1. The van der Waals surface area contributed by atoms with Crippen molar-refractivity contribution in [1.29, 1.82) is 0 Å². The van der Waals surface area contributed by atoms with E-state index in [0.29, 0.717) is 41.5 Å². The van der Waals surface area contributed by atoms with Crippen molar-refractivity contribution < 1.29 is 32.2 Å². The largest absolute Gasteiger partial charge is 0.493 e. The van der Waals surface area contributed by atoms with Gasteiger partial charge in [0.15, 0.2) is 11.5 Å². The van der Waals surface area contributed by atoms with E-state index in [1.165, 1.54) is 18.4 Å². The van der Waals surface area contributed by atoms with E-state index in [-0.39, 0.29) is 12.7 Å². The molecule has 1 unspecified atom stereocenters. The third-order valence-corrected chi connectivity index (χ3v) is 6.64. The molecule has 2 aromatic heterocycles. The predicted octanol–water partition coefficient (Wildman–Crippen LogP) is 6.98. The topological polar surface area (TPSA) is 82.5 Å². The SMILES string of the molecule is CCC(O)Cc1nccn1CCCCc1ccc(OCc2coc(/C=C/c3ccc(C(F)(F)F)cc3)n2)c(OC)c1. The molecule has 0 saturated heterocycles. The lowest BCUT2D eigenvalue weighted by molar-refractivity contribution is -0.137. The van der Waals surface area contributed by atoms with Crippen LogP contribution >= 0.6 is 0 Å². The zero-order valence-corrected chi connectivity index (χ0v) is 23.1. The first-order chi connectivity index (χ1) is 19.7. The third-order valence-electron chi connectivity index (χ3n) is 6.64. The smallest absolute Gasteiger partial charge is 0.416 e. The number of oxazole rings is 1. The summed E-state index contributed by atoms with van der Waals surface area (Å²) in [4.78, 5) is 8.72. The normalized spacial score (nSPS) is 12.6. The van der Waals surface area contributed by atoms with Crippen molar-refractivity contribution in [2.75, 3.05) is 7.11 Å². The number of alkyl halides is 3. The Labute approximate surface area is 237 Å². The van der Waals surface area contributed by atoms with E-state index < -0.39 is 11.7 Å². The van der Waals surface area contributed by atoms with E-state index in [2.05, 4.69) is 14.5 Å². The predicted molar refractivity (Wildman–Crippen MR) is 149 cm³/mol. The number of rotatable bonds is 14. The van der Waals surface area contributed by atoms with Crippen molar-refractivity contribution in [3.8, 4) is 11.5 Å². The molecule has 1 atom stereocenters. The molecule has 0 spiro atoms. The highest BCUT2D eigenvalue weighted by Crippen LogP contribution is 2.30. The van der Waals surface area contributed by atoms with Crippen molar-refractivity contribution in [2.24, 2.45) is 0 Å². The molecule has 2 heterocycles. The Hall–Kier alpha value is -4.05. The Bertz CT molecular complexity index is 1410. The lowest BCUT2D eigenvalue weighted by atomic mass is 10.1. The number of imidazole rings is 1. The fraction of sp³-hybridized carbons (Fsp3) is 0.355. The highest BCUT2D eigenvalue weighted by atomic mass is 19.4. The first-order valence-corrected chi connectivity index (χ1v) is 13.5. The van der Waals surface area contributed by atoms with E-state index in [9.17, 15) is 18.3 Å². The molecule has 0 aliphatic heterocycles. The van der Waals surface area contributed by atoms with Crippen LogP contribution in [0, 0.1) is 0 Å². The molecule has 41 heavy (non-hydrogen) atoms. The number of aromatic nitrogens is 3. The molecule has 4 aromatic rings. The zero-order chi connectivity index (χ0) is 29.2. The van der Waals surface area contributed by atoms with Crippen LogP contribution < -0.4 is 9.47 Å². The van der Waals surface area contributed by atoms with Gasteiger partial charge in [-0.05, 0) is 67.2 Å². The number of unbranched alkanes of at least 4 members (excludes halogenated alkanes) is 1. The zero-order valence-electron chi connectivity index (χ0n) is 23.1. The van der Waals surface area contributed by atoms with E-state index >= 15 is 0 Å². The van der Waals surface area contributed by atoms with Crippen LogP contribution in [0.3, 0.4) is 0 Å². The van der Waals surface area contributed by atoms with Gasteiger partial charge in [-0.2, -0.15) is 13.2 Å². The first kappa shape index (κ1) is 29.9. The summed E-state index contributed by atoms with van der Waals surface area (Å²) in [5, 5.41) is 9.92. The summed E-state index contributed by atoms with van der Waals surface area (Å²) in [6.45, 7) is 2.97. The summed E-state index contributed by atoms with van der Waals surface area (Å²) in [5.41, 5.74) is 1.60. The lowest BCUT2D eigenvalue weighted by Gasteiger charge is -2.12. The second-order valence-corrected chi connectivity index (χ2v) is 9.66. The first-order valence-electron chi connectivity index (χ1n) is 13.5. The molecular weight excluding hydrogens is 535 g/mol. The Balaban J connectivity index is 1.25. The maximum atomic E-state index is 12.7. The van der Waals surface area contributed by atoms with Gasteiger partial charge in [0, 0.05) is 31.4 Å². The van der Waals surface area contributed by atoms with Crippen molar-refractivity contribution in [3.63, 3.8) is 0 Å². The van der Waals surface area contributed by atoms with Crippen molar-refractivity contribution in [3.05, 3.63) is 95.2 Å². The van der Waals surface area contributed by atoms with Crippen LogP contribution in [-0.4, -0.2) is 32.9 Å². The fourth-order valence-electron chi connectivity index (χ4n) is 4.25. The third kappa shape index (κ3) is 8.72. The van der Waals surface area contributed by atoms with E-state index in [4.69, 9.17) is 13.9 Å². The van der Waals surface area contributed by atoms with Gasteiger partial charge in [0.05, 0.1) is 18.8 Å². The molecule has 218 valence electrons. The van der Waals surface area contributed by atoms with Gasteiger partial charge < -0.3 is 23.6 Å². The molecule has 0 amide bonds. The minimum Gasteiger partial charge on any atom is -0.493 e. The summed E-state index contributed by atoms with van der Waals surface area (Å²) < 4.78 is 57.2. The monoisotopic (exact) mass is 569 g/mol. The molecule has 0 bridgehead atoms. The average molecular weight is 570 g/mol. The van der Waals surface area contributed by atoms with Crippen molar-refractivity contribution >= 4 is 12.2 Å². The number of nitrogens with zero attached hydrogens (tertiary/aromatic N) is 3. The molecule has 0 aliphatic carbocycles. The molecular formula is C31H34F3N3O4. The van der Waals surface area contributed by atoms with Gasteiger partial charge in [-0.25, -0.2) is 9.97 Å². The van der Waals surface area contributed by atoms with Crippen LogP contribution in [0.1, 0.15) is 60.3 Å². The van der Waals surface area contributed by atoms with Crippen LogP contribution in [-0.2, 0) is 32.2 Å². The number of ether oxygens (including phenoxy) is 2. The van der Waals surface area contributed by atoms with Crippen LogP contribution in [0.5, 0.6) is 11.5 Å². The molecule has 4 rings (SSSR count). The number of aryl methyl sites for hydroxylation is 2. The minimum absolute atomic E-state index is 0.160. The molecule has 0 fully saturated rings. The molecule has 0 aliphatic rings. The Kier molecular flexibility index (Phi) is 10.2. The van der Waals surface area contributed by atoms with Gasteiger partial charge in [0.25, 0.3) is 0 Å². The molecule has 2 aromatic carbocycles. The Morgan fingerprint density at radius 2 is 1.88 bits per heavy atom. The van der Waals surface area contributed by atoms with Crippen LogP contribution in [0.15, 0.2) is 65.5 Å². The van der Waals surface area contributed by atoms with Gasteiger partial charge in [-0.15, -0.1) is 0 Å². The van der Waals surface area contributed by atoms with Crippen LogP contribution in [0.25, 0.3) is 12.2 Å².